The van der Waals surface area contributed by atoms with Gasteiger partial charge in [0.2, 0.25) is 0 Å². The van der Waals surface area contributed by atoms with Crippen LogP contribution in [0.25, 0.3) is 0 Å². The van der Waals surface area contributed by atoms with E-state index in [0.717, 1.165) is 17.6 Å². The van der Waals surface area contributed by atoms with Gasteiger partial charge in [0.05, 0.1) is 7.11 Å². The molecule has 0 N–H and O–H groups in total. The highest BCUT2D eigenvalue weighted by molar-refractivity contribution is 7.40. The predicted molar refractivity (Wildman–Crippen MR) is 89.5 cm³/mol. The molecule has 3 heteroatoms. The first kappa shape index (κ1) is 14.9. The van der Waals surface area contributed by atoms with Gasteiger partial charge in [0, 0.05) is 15.2 Å². The highest BCUT2D eigenvalue weighted by atomic mass is 29.3. The first-order chi connectivity index (χ1) is 8.74. The molecule has 0 saturated heterocycles. The van der Waals surface area contributed by atoms with Crippen molar-refractivity contribution >= 4 is 15.2 Å². The van der Waals surface area contributed by atoms with Crippen LogP contribution in [0.2, 0.25) is 38.8 Å². The molecule has 0 bridgehead atoms. The van der Waals surface area contributed by atoms with Gasteiger partial charge in [-0.2, -0.15) is 0 Å². The molecule has 2 rings (SSSR count). The van der Waals surface area contributed by atoms with Gasteiger partial charge >= 0.3 is 0 Å². The number of hydrogen-bond donors (Lipinski definition) is 0. The second-order valence-electron chi connectivity index (χ2n) is 7.71. The maximum Gasteiger partial charge on any atom is 0.118 e. The molecular weight excluding hydrogens is 264 g/mol. The summed E-state index contributed by atoms with van der Waals surface area (Å²) in [6.45, 7) is 12.9. The summed E-state index contributed by atoms with van der Waals surface area (Å²) in [7, 11) is -0.185. The van der Waals surface area contributed by atoms with Crippen LogP contribution in [0.5, 0.6) is 5.75 Å². The molecule has 2 atom stereocenters. The molecule has 0 spiro atoms. The number of benzene rings is 1. The van der Waals surface area contributed by atoms with Gasteiger partial charge in [0.15, 0.2) is 0 Å². The molecular formula is C16H28OSi2. The highest BCUT2D eigenvalue weighted by Crippen LogP contribution is 2.52. The lowest BCUT2D eigenvalue weighted by Gasteiger charge is -2.35. The summed E-state index contributed by atoms with van der Waals surface area (Å²) in [6, 6.07) is 10.2. The SMILES string of the molecule is COc1ccc([C@H]2C[C@@H]2C[Si](C)(C)[Si](C)(C)C)cc1. The maximum atomic E-state index is 5.23. The zero-order chi connectivity index (χ0) is 14.3. The summed E-state index contributed by atoms with van der Waals surface area (Å²) in [6.07, 6.45) is 1.41. The number of hydrogen-bond acceptors (Lipinski definition) is 1. The third-order valence-corrected chi connectivity index (χ3v) is 23.7. The molecule has 1 aromatic rings. The van der Waals surface area contributed by atoms with E-state index in [1.54, 1.807) is 7.11 Å². The molecule has 106 valence electrons. The lowest BCUT2D eigenvalue weighted by molar-refractivity contribution is 0.414. The van der Waals surface area contributed by atoms with Crippen LogP contribution in [0, 0.1) is 5.92 Å². The van der Waals surface area contributed by atoms with E-state index in [4.69, 9.17) is 4.74 Å². The smallest absolute Gasteiger partial charge is 0.118 e. The lowest BCUT2D eigenvalue weighted by Crippen LogP contribution is -2.52. The van der Waals surface area contributed by atoms with Crippen LogP contribution in [-0.4, -0.2) is 22.3 Å². The van der Waals surface area contributed by atoms with Crippen LogP contribution in [0.4, 0.5) is 0 Å². The average Bonchev–Trinajstić information content (AvgIpc) is 3.06. The first-order valence-electron chi connectivity index (χ1n) is 7.38. The molecule has 0 aliphatic heterocycles. The Kier molecular flexibility index (Phi) is 3.98. The van der Waals surface area contributed by atoms with Gasteiger partial charge in [-0.05, 0) is 36.0 Å². The standard InChI is InChI=1S/C16H28OSi2/c1-17-15-9-7-13(8-10-15)16-11-14(16)12-19(5,6)18(2,3)4/h7-10,14,16H,11-12H2,1-6H3/t14-,16-/m1/s1. The van der Waals surface area contributed by atoms with Crippen molar-refractivity contribution in [2.75, 3.05) is 7.11 Å². The fourth-order valence-corrected chi connectivity index (χ4v) is 7.69. The van der Waals surface area contributed by atoms with E-state index in [1.165, 1.54) is 18.0 Å². The van der Waals surface area contributed by atoms with Crippen LogP contribution in [0.15, 0.2) is 24.3 Å². The van der Waals surface area contributed by atoms with E-state index in [2.05, 4.69) is 57.0 Å². The van der Waals surface area contributed by atoms with Crippen molar-refractivity contribution in [2.24, 2.45) is 5.92 Å². The molecule has 1 saturated carbocycles. The highest BCUT2D eigenvalue weighted by Gasteiger charge is 2.46. The van der Waals surface area contributed by atoms with E-state index in [9.17, 15) is 0 Å². The third kappa shape index (κ3) is 3.32. The van der Waals surface area contributed by atoms with Crippen molar-refractivity contribution in [2.45, 2.75) is 51.1 Å². The van der Waals surface area contributed by atoms with Crippen molar-refractivity contribution in [3.63, 3.8) is 0 Å². The van der Waals surface area contributed by atoms with Gasteiger partial charge in [-0.15, -0.1) is 0 Å². The second kappa shape index (κ2) is 5.09. The molecule has 0 aromatic heterocycles. The summed E-state index contributed by atoms with van der Waals surface area (Å²) < 4.78 is 5.23. The van der Waals surface area contributed by atoms with Crippen molar-refractivity contribution in [3.8, 4) is 5.75 Å². The van der Waals surface area contributed by atoms with E-state index >= 15 is 0 Å². The molecule has 0 heterocycles. The summed E-state index contributed by atoms with van der Waals surface area (Å²) in [5.74, 6) is 2.76. The molecule has 1 aromatic carbocycles. The van der Waals surface area contributed by atoms with Crippen LogP contribution in [0.3, 0.4) is 0 Å². The average molecular weight is 293 g/mol. The Labute approximate surface area is 120 Å². The van der Waals surface area contributed by atoms with E-state index < -0.39 is 15.2 Å². The van der Waals surface area contributed by atoms with Gasteiger partial charge in [0.1, 0.15) is 5.75 Å². The normalized spacial score (nSPS) is 23.3. The van der Waals surface area contributed by atoms with Crippen LogP contribution < -0.4 is 4.74 Å². The predicted octanol–water partition coefficient (Wildman–Crippen LogP) is 4.92. The van der Waals surface area contributed by atoms with E-state index in [1.807, 2.05) is 0 Å². The molecule has 1 aliphatic rings. The van der Waals surface area contributed by atoms with E-state index in [-0.39, 0.29) is 0 Å². The first-order valence-corrected chi connectivity index (χ1v) is 15.1. The van der Waals surface area contributed by atoms with Crippen molar-refractivity contribution in [1.82, 2.24) is 0 Å². The van der Waals surface area contributed by atoms with Gasteiger partial charge in [-0.1, -0.05) is 50.9 Å². The minimum Gasteiger partial charge on any atom is -0.497 e. The minimum absolute atomic E-state index is 0.828. The summed E-state index contributed by atoms with van der Waals surface area (Å²) in [5.41, 5.74) is 1.52. The molecule has 1 nitrogen and oxygen atoms in total. The van der Waals surface area contributed by atoms with Crippen LogP contribution in [0.1, 0.15) is 17.9 Å². The minimum atomic E-state index is -0.984. The number of ether oxygens (including phenoxy) is 1. The monoisotopic (exact) mass is 292 g/mol. The quantitative estimate of drug-likeness (QED) is 0.700. The van der Waals surface area contributed by atoms with Crippen molar-refractivity contribution in [1.29, 1.82) is 0 Å². The molecule has 0 unspecified atom stereocenters. The summed E-state index contributed by atoms with van der Waals surface area (Å²) >= 11 is 0. The zero-order valence-corrected chi connectivity index (χ0v) is 15.3. The molecule has 1 aliphatic carbocycles. The summed E-state index contributed by atoms with van der Waals surface area (Å²) in [5, 5.41) is 0. The second-order valence-corrected chi connectivity index (χ2v) is 25.0. The van der Waals surface area contributed by atoms with Crippen molar-refractivity contribution in [3.05, 3.63) is 29.8 Å². The fourth-order valence-electron chi connectivity index (χ4n) is 2.69. The Bertz CT molecular complexity index is 431. The van der Waals surface area contributed by atoms with Gasteiger partial charge in [-0.3, -0.25) is 0 Å². The maximum absolute atomic E-state index is 5.23. The summed E-state index contributed by atoms with van der Waals surface area (Å²) in [4.78, 5) is 0. The Hall–Kier alpha value is -0.546. The molecule has 1 fully saturated rings. The Balaban J connectivity index is 1.97. The zero-order valence-electron chi connectivity index (χ0n) is 13.3. The molecule has 0 amide bonds. The largest absolute Gasteiger partial charge is 0.497 e. The number of methoxy groups -OCH3 is 1. The van der Waals surface area contributed by atoms with Gasteiger partial charge in [0.25, 0.3) is 0 Å². The van der Waals surface area contributed by atoms with E-state index in [0.29, 0.717) is 0 Å². The van der Waals surface area contributed by atoms with Gasteiger partial charge < -0.3 is 4.74 Å². The Morgan fingerprint density at radius 2 is 1.63 bits per heavy atom. The number of rotatable bonds is 5. The topological polar surface area (TPSA) is 9.23 Å². The van der Waals surface area contributed by atoms with Crippen LogP contribution in [-0.2, 0) is 0 Å². The lowest BCUT2D eigenvalue weighted by atomic mass is 10.1. The van der Waals surface area contributed by atoms with Crippen LogP contribution >= 0.6 is 0 Å². The van der Waals surface area contributed by atoms with Crippen molar-refractivity contribution < 1.29 is 4.74 Å². The molecule has 0 radical (unpaired) electrons. The molecule has 19 heavy (non-hydrogen) atoms. The third-order valence-electron chi connectivity index (χ3n) is 5.27. The Morgan fingerprint density at radius 1 is 1.05 bits per heavy atom. The fraction of sp³-hybridized carbons (Fsp3) is 0.625. The van der Waals surface area contributed by atoms with Gasteiger partial charge in [-0.25, -0.2) is 0 Å². The Morgan fingerprint density at radius 3 is 2.11 bits per heavy atom.